The summed E-state index contributed by atoms with van der Waals surface area (Å²) in [6.45, 7) is 0.853. The Morgan fingerprint density at radius 2 is 1.93 bits per heavy atom. The Kier molecular flexibility index (Phi) is 6.18. The molecule has 10 nitrogen and oxygen atoms in total. The van der Waals surface area contributed by atoms with Gasteiger partial charge < -0.3 is 25.1 Å². The highest BCUT2D eigenvalue weighted by molar-refractivity contribution is 5.93. The molecule has 1 aromatic carbocycles. The van der Waals surface area contributed by atoms with E-state index >= 15 is 0 Å². The summed E-state index contributed by atoms with van der Waals surface area (Å²) in [7, 11) is 5.25. The van der Waals surface area contributed by atoms with E-state index in [-0.39, 0.29) is 24.0 Å². The molecule has 0 spiro atoms. The number of aromatic amines is 1. The number of hydrogen-bond acceptors (Lipinski definition) is 6. The molecular formula is C20H25N5O5. The van der Waals surface area contributed by atoms with Crippen LogP contribution in [0.3, 0.4) is 0 Å². The number of H-pyrrole nitrogens is 1. The fourth-order valence-corrected chi connectivity index (χ4v) is 3.55. The topological polar surface area (TPSA) is 121 Å². The molecule has 2 N–H and O–H groups in total. The Labute approximate surface area is 174 Å². The van der Waals surface area contributed by atoms with E-state index in [0.29, 0.717) is 13.1 Å². The highest BCUT2D eigenvalue weighted by Crippen LogP contribution is 2.29. The van der Waals surface area contributed by atoms with Crippen LogP contribution in [0.5, 0.6) is 0 Å². The fraction of sp³-hybridized carbons (Fsp3) is 0.400. The molecular weight excluding hydrogens is 390 g/mol. The van der Waals surface area contributed by atoms with Crippen molar-refractivity contribution in [3.05, 3.63) is 63.8 Å². The van der Waals surface area contributed by atoms with E-state index in [0.717, 1.165) is 5.56 Å². The first kappa shape index (κ1) is 21.5. The summed E-state index contributed by atoms with van der Waals surface area (Å²) in [5.74, 6) is -0.761. The van der Waals surface area contributed by atoms with Crippen LogP contribution >= 0.6 is 0 Å². The van der Waals surface area contributed by atoms with Crippen LogP contribution in [0.2, 0.25) is 0 Å². The van der Waals surface area contributed by atoms with E-state index in [9.17, 15) is 19.7 Å². The number of carbonyl (C=O) groups excluding carboxylic acids is 2. The first-order valence-electron chi connectivity index (χ1n) is 9.43. The second kappa shape index (κ2) is 8.64. The van der Waals surface area contributed by atoms with E-state index in [4.69, 9.17) is 4.74 Å². The lowest BCUT2D eigenvalue weighted by atomic mass is 9.91. The van der Waals surface area contributed by atoms with Crippen LogP contribution in [0.1, 0.15) is 22.1 Å². The van der Waals surface area contributed by atoms with Gasteiger partial charge in [0.25, 0.3) is 5.91 Å². The van der Waals surface area contributed by atoms with E-state index in [1.54, 1.807) is 4.90 Å². The third-order valence-electron chi connectivity index (χ3n) is 5.25. The van der Waals surface area contributed by atoms with Crippen LogP contribution < -0.4 is 5.32 Å². The Bertz CT molecular complexity index is 921. The summed E-state index contributed by atoms with van der Waals surface area (Å²) in [6.07, 6.45) is 0. The van der Waals surface area contributed by atoms with Crippen LogP contribution in [-0.4, -0.2) is 78.0 Å². The second-order valence-corrected chi connectivity index (χ2v) is 7.56. The largest absolute Gasteiger partial charge is 0.373 e. The lowest BCUT2D eigenvalue weighted by molar-refractivity contribution is -0.389. The fourth-order valence-electron chi connectivity index (χ4n) is 3.55. The van der Waals surface area contributed by atoms with E-state index in [1.807, 2.05) is 49.3 Å². The van der Waals surface area contributed by atoms with E-state index in [2.05, 4.69) is 10.3 Å². The lowest BCUT2D eigenvalue weighted by Gasteiger charge is -2.50. The number of nitro groups is 1. The summed E-state index contributed by atoms with van der Waals surface area (Å²) in [5.41, 5.74) is 0.304. The Hall–Kier alpha value is -3.24. The Morgan fingerprint density at radius 3 is 2.47 bits per heavy atom. The number of likely N-dealkylation sites (tertiary alicyclic amines) is 1. The highest BCUT2D eigenvalue weighted by atomic mass is 16.6. The molecule has 2 aromatic rings. The minimum absolute atomic E-state index is 0.0369. The van der Waals surface area contributed by atoms with Gasteiger partial charge in [0.05, 0.1) is 19.6 Å². The van der Waals surface area contributed by atoms with Crippen molar-refractivity contribution in [1.82, 2.24) is 20.1 Å². The summed E-state index contributed by atoms with van der Waals surface area (Å²) < 4.78 is 5.59. The number of amides is 2. The van der Waals surface area contributed by atoms with Gasteiger partial charge in [-0.15, -0.1) is 0 Å². The van der Waals surface area contributed by atoms with Crippen molar-refractivity contribution in [2.24, 2.45) is 0 Å². The van der Waals surface area contributed by atoms with Gasteiger partial charge in [-0.1, -0.05) is 30.3 Å². The predicted octanol–water partition coefficient (Wildman–Crippen LogP) is 1.18. The second-order valence-electron chi connectivity index (χ2n) is 7.56. The van der Waals surface area contributed by atoms with Crippen molar-refractivity contribution in [2.75, 3.05) is 40.8 Å². The number of hydrogen-bond donors (Lipinski definition) is 2. The van der Waals surface area contributed by atoms with Crippen LogP contribution in [0.15, 0.2) is 42.5 Å². The third-order valence-corrected chi connectivity index (χ3v) is 5.25. The number of benzene rings is 1. The molecule has 2 heterocycles. The van der Waals surface area contributed by atoms with Gasteiger partial charge >= 0.3 is 5.82 Å². The number of ether oxygens (including phenoxy) is 1. The number of nitrogens with zero attached hydrogens (tertiary/aromatic N) is 3. The van der Waals surface area contributed by atoms with Crippen molar-refractivity contribution in [1.29, 1.82) is 0 Å². The molecule has 0 saturated carbocycles. The van der Waals surface area contributed by atoms with Gasteiger partial charge in [0.2, 0.25) is 5.91 Å². The normalized spacial score (nSPS) is 16.1. The highest BCUT2D eigenvalue weighted by Gasteiger charge is 2.47. The standard InChI is InChI=1S/C20H25N5O5/c1-23(2)17(14-7-5-4-6-8-14)19(27)24-12-20(13-24,30-3)11-21-18(26)15-9-10-16(22-15)25(28)29/h4-10,17,22H,11-13H2,1-3H3,(H,21,26). The summed E-state index contributed by atoms with van der Waals surface area (Å²) >= 11 is 0. The predicted molar refractivity (Wildman–Crippen MR) is 109 cm³/mol. The molecule has 1 atom stereocenters. The third kappa shape index (κ3) is 4.34. The quantitative estimate of drug-likeness (QED) is 0.493. The monoisotopic (exact) mass is 415 g/mol. The first-order chi connectivity index (χ1) is 14.3. The molecule has 30 heavy (non-hydrogen) atoms. The van der Waals surface area contributed by atoms with Gasteiger partial charge in [-0.2, -0.15) is 0 Å². The molecule has 10 heteroatoms. The minimum Gasteiger partial charge on any atom is -0.373 e. The van der Waals surface area contributed by atoms with Gasteiger partial charge in [-0.05, 0) is 30.6 Å². The van der Waals surface area contributed by atoms with Gasteiger partial charge in [0.15, 0.2) is 5.69 Å². The lowest BCUT2D eigenvalue weighted by Crippen LogP contribution is -2.69. The molecule has 160 valence electrons. The van der Waals surface area contributed by atoms with Crippen molar-refractivity contribution in [3.8, 4) is 0 Å². The molecule has 0 radical (unpaired) electrons. The van der Waals surface area contributed by atoms with Crippen LogP contribution in [-0.2, 0) is 9.53 Å². The molecule has 3 rings (SSSR count). The zero-order valence-corrected chi connectivity index (χ0v) is 17.1. The molecule has 1 saturated heterocycles. The minimum atomic E-state index is -0.697. The average molecular weight is 415 g/mol. The smallest absolute Gasteiger partial charge is 0.321 e. The number of methoxy groups -OCH3 is 1. The van der Waals surface area contributed by atoms with Crippen molar-refractivity contribution < 1.29 is 19.2 Å². The molecule has 2 amide bonds. The molecule has 0 aliphatic carbocycles. The van der Waals surface area contributed by atoms with Crippen molar-refractivity contribution >= 4 is 17.6 Å². The maximum absolute atomic E-state index is 13.1. The van der Waals surface area contributed by atoms with Gasteiger partial charge in [-0.3, -0.25) is 14.5 Å². The number of likely N-dealkylation sites (N-methyl/N-ethyl adjacent to an activating group) is 1. The first-order valence-corrected chi connectivity index (χ1v) is 9.43. The number of aromatic nitrogens is 1. The van der Waals surface area contributed by atoms with Crippen LogP contribution in [0, 0.1) is 10.1 Å². The Balaban J connectivity index is 1.60. The van der Waals surface area contributed by atoms with Crippen LogP contribution in [0.25, 0.3) is 0 Å². The number of nitrogens with one attached hydrogen (secondary N) is 2. The summed E-state index contributed by atoms with van der Waals surface area (Å²) in [4.78, 5) is 41.5. The maximum atomic E-state index is 13.1. The molecule has 1 unspecified atom stereocenters. The molecule has 1 aromatic heterocycles. The maximum Gasteiger partial charge on any atom is 0.321 e. The number of carbonyl (C=O) groups is 2. The van der Waals surface area contributed by atoms with Crippen molar-refractivity contribution in [3.63, 3.8) is 0 Å². The average Bonchev–Trinajstić information content (AvgIpc) is 3.18. The van der Waals surface area contributed by atoms with E-state index in [1.165, 1.54) is 19.2 Å². The molecule has 1 aliphatic rings. The van der Waals surface area contributed by atoms with E-state index < -0.39 is 22.5 Å². The number of rotatable bonds is 8. The zero-order valence-electron chi connectivity index (χ0n) is 17.1. The molecule has 1 fully saturated rings. The van der Waals surface area contributed by atoms with Gasteiger partial charge in [0, 0.05) is 13.2 Å². The molecule has 1 aliphatic heterocycles. The zero-order chi connectivity index (χ0) is 21.9. The van der Waals surface area contributed by atoms with Gasteiger partial charge in [0.1, 0.15) is 11.6 Å². The van der Waals surface area contributed by atoms with Crippen molar-refractivity contribution in [2.45, 2.75) is 11.6 Å². The Morgan fingerprint density at radius 1 is 1.27 bits per heavy atom. The summed E-state index contributed by atoms with van der Waals surface area (Å²) in [6, 6.07) is 11.7. The molecule has 0 bridgehead atoms. The van der Waals surface area contributed by atoms with Crippen LogP contribution in [0.4, 0.5) is 5.82 Å². The summed E-state index contributed by atoms with van der Waals surface area (Å²) in [5, 5.41) is 13.5. The SMILES string of the molecule is COC1(CNC(=O)c2ccc([N+](=O)[O-])[nH]2)CN(C(=O)C(c2ccccc2)N(C)C)C1. The van der Waals surface area contributed by atoms with Gasteiger partial charge in [-0.25, -0.2) is 4.98 Å².